The Kier molecular flexibility index (Phi) is 6.34. The Morgan fingerprint density at radius 3 is 2.23 bits per heavy atom. The van der Waals surface area contributed by atoms with Crippen LogP contribution in [0.3, 0.4) is 0 Å². The van der Waals surface area contributed by atoms with Gasteiger partial charge in [-0.05, 0) is 36.1 Å². The molecule has 0 bridgehead atoms. The highest BCUT2D eigenvalue weighted by molar-refractivity contribution is 5.94. The summed E-state index contributed by atoms with van der Waals surface area (Å²) >= 11 is 0. The van der Waals surface area contributed by atoms with Crippen molar-refractivity contribution in [2.24, 2.45) is 0 Å². The zero-order valence-electron chi connectivity index (χ0n) is 18.9. The van der Waals surface area contributed by atoms with Gasteiger partial charge in [-0.25, -0.2) is 4.98 Å². The van der Waals surface area contributed by atoms with Crippen LogP contribution in [0.1, 0.15) is 49.4 Å². The maximum atomic E-state index is 13.0. The molecule has 3 aromatic rings. The molecule has 1 N–H and O–H groups in total. The summed E-state index contributed by atoms with van der Waals surface area (Å²) in [6.45, 7) is 8.97. The second-order valence-electron chi connectivity index (χ2n) is 8.38. The third-order valence-corrected chi connectivity index (χ3v) is 5.27. The maximum Gasteiger partial charge on any atom is 0.258 e. The van der Waals surface area contributed by atoms with E-state index in [1.54, 1.807) is 17.0 Å². The average molecular weight is 424 g/mol. The van der Waals surface area contributed by atoms with Crippen LogP contribution in [0.25, 0.3) is 10.9 Å². The Hall–Kier alpha value is -3.35. The summed E-state index contributed by atoms with van der Waals surface area (Å²) in [7, 11) is 3.04. The van der Waals surface area contributed by atoms with Gasteiger partial charge in [-0.1, -0.05) is 32.9 Å². The molecule has 7 nitrogen and oxygen atoms in total. The minimum Gasteiger partial charge on any atom is -0.493 e. The van der Waals surface area contributed by atoms with Crippen LogP contribution in [0, 0.1) is 0 Å². The number of methoxy groups -OCH3 is 2. The lowest BCUT2D eigenvalue weighted by Crippen LogP contribution is -2.32. The fourth-order valence-electron chi connectivity index (χ4n) is 3.39. The molecule has 0 fully saturated rings. The van der Waals surface area contributed by atoms with Gasteiger partial charge in [-0.2, -0.15) is 0 Å². The Balaban J connectivity index is 1.90. The lowest BCUT2D eigenvalue weighted by Gasteiger charge is -2.22. The monoisotopic (exact) mass is 423 g/mol. The van der Waals surface area contributed by atoms with E-state index in [0.717, 1.165) is 5.56 Å². The second-order valence-corrected chi connectivity index (χ2v) is 8.38. The number of amides is 1. The summed E-state index contributed by atoms with van der Waals surface area (Å²) in [5.74, 6) is 1.24. The highest BCUT2D eigenvalue weighted by Gasteiger charge is 2.19. The van der Waals surface area contributed by atoms with E-state index in [9.17, 15) is 9.59 Å². The molecule has 0 aliphatic carbocycles. The number of carbonyl (C=O) groups excluding carboxylic acids is 1. The van der Waals surface area contributed by atoms with E-state index in [1.807, 2.05) is 31.2 Å². The number of aromatic amines is 1. The van der Waals surface area contributed by atoms with E-state index in [4.69, 9.17) is 9.47 Å². The maximum absolute atomic E-state index is 13.0. The number of hydrogen-bond donors (Lipinski definition) is 1. The predicted molar refractivity (Wildman–Crippen MR) is 121 cm³/mol. The van der Waals surface area contributed by atoms with E-state index >= 15 is 0 Å². The quantitative estimate of drug-likeness (QED) is 0.650. The molecule has 1 heterocycles. The third kappa shape index (κ3) is 4.71. The van der Waals surface area contributed by atoms with Gasteiger partial charge in [0.25, 0.3) is 11.5 Å². The van der Waals surface area contributed by atoms with Crippen molar-refractivity contribution in [1.82, 2.24) is 14.9 Å². The molecular weight excluding hydrogens is 394 g/mol. The van der Waals surface area contributed by atoms with Gasteiger partial charge < -0.3 is 19.4 Å². The van der Waals surface area contributed by atoms with Crippen molar-refractivity contribution in [2.45, 2.75) is 39.7 Å². The van der Waals surface area contributed by atoms with Crippen molar-refractivity contribution < 1.29 is 14.3 Å². The Morgan fingerprint density at radius 2 is 1.68 bits per heavy atom. The Bertz CT molecular complexity index is 1140. The number of benzene rings is 2. The first kappa shape index (κ1) is 22.3. The fraction of sp³-hybridized carbons (Fsp3) is 0.375. The summed E-state index contributed by atoms with van der Waals surface area (Å²) in [5, 5.41) is 0.397. The van der Waals surface area contributed by atoms with Crippen molar-refractivity contribution >= 4 is 16.8 Å². The van der Waals surface area contributed by atoms with Crippen LogP contribution in [0.5, 0.6) is 11.5 Å². The number of H-pyrrole nitrogens is 1. The molecule has 1 amide bonds. The summed E-state index contributed by atoms with van der Waals surface area (Å²) in [5.41, 5.74) is 1.97. The smallest absolute Gasteiger partial charge is 0.258 e. The minimum absolute atomic E-state index is 0.0181. The molecule has 0 aliphatic rings. The van der Waals surface area contributed by atoms with Gasteiger partial charge in [0.1, 0.15) is 5.82 Å². The summed E-state index contributed by atoms with van der Waals surface area (Å²) in [6, 6.07) is 10.9. The van der Waals surface area contributed by atoms with Crippen molar-refractivity contribution in [2.75, 3.05) is 20.8 Å². The van der Waals surface area contributed by atoms with Crippen molar-refractivity contribution in [3.63, 3.8) is 0 Å². The van der Waals surface area contributed by atoms with Crippen LogP contribution in [-0.4, -0.2) is 41.5 Å². The molecule has 7 heteroatoms. The molecule has 0 radical (unpaired) electrons. The molecule has 0 aliphatic heterocycles. The van der Waals surface area contributed by atoms with Gasteiger partial charge in [0.2, 0.25) is 0 Å². The first-order valence-corrected chi connectivity index (χ1v) is 10.2. The summed E-state index contributed by atoms with van der Waals surface area (Å²) in [6.07, 6.45) is 0. The zero-order valence-corrected chi connectivity index (χ0v) is 18.9. The van der Waals surface area contributed by atoms with E-state index < -0.39 is 0 Å². The first-order valence-electron chi connectivity index (χ1n) is 10.2. The van der Waals surface area contributed by atoms with E-state index in [2.05, 4.69) is 30.7 Å². The highest BCUT2D eigenvalue weighted by Crippen LogP contribution is 2.30. The van der Waals surface area contributed by atoms with Gasteiger partial charge >= 0.3 is 0 Å². The Morgan fingerprint density at radius 1 is 1.06 bits per heavy atom. The van der Waals surface area contributed by atoms with Gasteiger partial charge in [0, 0.05) is 18.2 Å². The number of carbonyl (C=O) groups is 1. The number of nitrogens with one attached hydrogen (secondary N) is 1. The molecular formula is C24H29N3O4. The fourth-order valence-corrected chi connectivity index (χ4v) is 3.39. The van der Waals surface area contributed by atoms with Crippen LogP contribution in [-0.2, 0) is 12.0 Å². The van der Waals surface area contributed by atoms with Crippen molar-refractivity contribution in [1.29, 1.82) is 0 Å². The molecule has 0 saturated heterocycles. The standard InChI is InChI=1S/C24H29N3O4/c1-7-27(23(29)15-8-10-16(11-9-15)24(2,3)4)14-21-25-18-13-20(31-6)19(30-5)12-17(18)22(28)26-21/h8-13H,7,14H2,1-6H3,(H,25,26,28). The van der Waals surface area contributed by atoms with E-state index in [0.29, 0.717) is 40.3 Å². The molecule has 0 spiro atoms. The Labute approximate surface area is 182 Å². The number of aromatic nitrogens is 2. The molecule has 164 valence electrons. The lowest BCUT2D eigenvalue weighted by atomic mass is 9.86. The molecule has 0 unspecified atom stereocenters. The van der Waals surface area contributed by atoms with Gasteiger partial charge in [-0.3, -0.25) is 9.59 Å². The zero-order chi connectivity index (χ0) is 22.8. The average Bonchev–Trinajstić information content (AvgIpc) is 2.75. The largest absolute Gasteiger partial charge is 0.493 e. The van der Waals surface area contributed by atoms with E-state index in [-0.39, 0.29) is 23.4 Å². The molecule has 31 heavy (non-hydrogen) atoms. The second kappa shape index (κ2) is 8.79. The molecule has 2 aromatic carbocycles. The normalized spacial score (nSPS) is 11.4. The van der Waals surface area contributed by atoms with E-state index in [1.165, 1.54) is 14.2 Å². The SMILES string of the molecule is CCN(Cc1nc2cc(OC)c(OC)cc2c(=O)[nH]1)C(=O)c1ccc(C(C)(C)C)cc1. The van der Waals surface area contributed by atoms with Crippen LogP contribution >= 0.6 is 0 Å². The van der Waals surface area contributed by atoms with Crippen molar-refractivity contribution in [3.05, 3.63) is 63.7 Å². The molecule has 0 saturated carbocycles. The minimum atomic E-state index is -0.293. The topological polar surface area (TPSA) is 84.5 Å². The first-order chi connectivity index (χ1) is 14.7. The third-order valence-electron chi connectivity index (χ3n) is 5.27. The van der Waals surface area contributed by atoms with Crippen LogP contribution < -0.4 is 15.0 Å². The summed E-state index contributed by atoms with van der Waals surface area (Å²) in [4.78, 5) is 34.6. The number of hydrogen-bond acceptors (Lipinski definition) is 5. The molecule has 0 atom stereocenters. The van der Waals surface area contributed by atoms with Gasteiger partial charge in [0.15, 0.2) is 11.5 Å². The molecule has 3 rings (SSSR count). The number of nitrogens with zero attached hydrogens (tertiary/aromatic N) is 2. The van der Waals surface area contributed by atoms with Crippen LogP contribution in [0.2, 0.25) is 0 Å². The summed E-state index contributed by atoms with van der Waals surface area (Å²) < 4.78 is 10.6. The molecule has 1 aromatic heterocycles. The predicted octanol–water partition coefficient (Wildman–Crippen LogP) is 3.90. The van der Waals surface area contributed by atoms with Crippen molar-refractivity contribution in [3.8, 4) is 11.5 Å². The van der Waals surface area contributed by atoms with Gasteiger partial charge in [0.05, 0.1) is 31.7 Å². The number of rotatable bonds is 6. The lowest BCUT2D eigenvalue weighted by molar-refractivity contribution is 0.0748. The van der Waals surface area contributed by atoms with Gasteiger partial charge in [-0.15, -0.1) is 0 Å². The number of fused-ring (bicyclic) bond motifs is 1. The highest BCUT2D eigenvalue weighted by atomic mass is 16.5. The van der Waals surface area contributed by atoms with Crippen LogP contribution in [0.4, 0.5) is 0 Å². The van der Waals surface area contributed by atoms with Crippen LogP contribution in [0.15, 0.2) is 41.2 Å². The number of ether oxygens (including phenoxy) is 2.